The lowest BCUT2D eigenvalue weighted by Crippen LogP contribution is -3.12. The van der Waals surface area contributed by atoms with Crippen LogP contribution in [0.25, 0.3) is 0 Å². The largest absolute Gasteiger partial charge is 0.352 e. The molecule has 1 heterocycles. The van der Waals surface area contributed by atoms with E-state index in [-0.39, 0.29) is 11.8 Å². The Morgan fingerprint density at radius 2 is 1.94 bits per heavy atom. The minimum Gasteiger partial charge on any atom is -0.352 e. The van der Waals surface area contributed by atoms with Crippen molar-refractivity contribution < 1.29 is 9.69 Å². The van der Waals surface area contributed by atoms with Gasteiger partial charge in [0, 0.05) is 24.4 Å². The first kappa shape index (κ1) is 13.4. The quantitative estimate of drug-likeness (QED) is 0.770. The van der Waals surface area contributed by atoms with Gasteiger partial charge in [-0.1, -0.05) is 30.3 Å². The zero-order chi connectivity index (χ0) is 12.8. The van der Waals surface area contributed by atoms with Crippen molar-refractivity contribution in [3.05, 3.63) is 35.9 Å². The van der Waals surface area contributed by atoms with Crippen LogP contribution in [0.2, 0.25) is 0 Å². The molecule has 2 rings (SSSR count). The van der Waals surface area contributed by atoms with Gasteiger partial charge in [-0.2, -0.15) is 0 Å². The van der Waals surface area contributed by atoms with E-state index in [1.54, 1.807) is 4.90 Å². The van der Waals surface area contributed by atoms with E-state index in [4.69, 9.17) is 11.6 Å². The molecule has 98 valence electrons. The Hall–Kier alpha value is -1.06. The highest BCUT2D eigenvalue weighted by Crippen LogP contribution is 2.01. The van der Waals surface area contributed by atoms with Gasteiger partial charge in [-0.3, -0.25) is 4.79 Å². The number of quaternary nitrogens is 1. The molecule has 0 bridgehead atoms. The molecule has 1 saturated heterocycles. The van der Waals surface area contributed by atoms with Crippen molar-refractivity contribution in [2.24, 2.45) is 0 Å². The van der Waals surface area contributed by atoms with Crippen molar-refractivity contribution in [1.82, 2.24) is 5.32 Å². The number of amides is 1. The molecule has 0 radical (unpaired) electrons. The number of nitrogens with one attached hydrogen (secondary N) is 2. The summed E-state index contributed by atoms with van der Waals surface area (Å²) in [4.78, 5) is 12.8. The van der Waals surface area contributed by atoms with Crippen LogP contribution < -0.4 is 10.2 Å². The lowest BCUT2D eigenvalue weighted by Gasteiger charge is -2.29. The third kappa shape index (κ3) is 4.00. The first-order valence-corrected chi connectivity index (χ1v) is 7.04. The van der Waals surface area contributed by atoms with Gasteiger partial charge in [0.05, 0.1) is 13.1 Å². The van der Waals surface area contributed by atoms with E-state index in [9.17, 15) is 4.79 Å². The van der Waals surface area contributed by atoms with Crippen LogP contribution in [0.15, 0.2) is 30.3 Å². The minimum atomic E-state index is -0.0480. The van der Waals surface area contributed by atoms with E-state index in [1.807, 2.05) is 6.07 Å². The molecular formula is C14H20ClN2O+. The Morgan fingerprint density at radius 3 is 2.56 bits per heavy atom. The second kappa shape index (κ2) is 6.76. The molecule has 1 amide bonds. The van der Waals surface area contributed by atoms with Crippen LogP contribution in [-0.2, 0) is 11.3 Å². The molecule has 1 aliphatic heterocycles. The highest BCUT2D eigenvalue weighted by Gasteiger charge is 2.22. The monoisotopic (exact) mass is 267 g/mol. The Kier molecular flexibility index (Phi) is 5.02. The second-order valence-corrected chi connectivity index (χ2v) is 5.16. The summed E-state index contributed by atoms with van der Waals surface area (Å²) in [7, 11) is 0. The number of halogens is 1. The number of benzene rings is 1. The van der Waals surface area contributed by atoms with E-state index in [2.05, 4.69) is 29.6 Å². The van der Waals surface area contributed by atoms with Crippen molar-refractivity contribution in [3.8, 4) is 0 Å². The minimum absolute atomic E-state index is 0.0480. The van der Waals surface area contributed by atoms with E-state index in [1.165, 1.54) is 5.56 Å². The number of carbonyl (C=O) groups excluding carboxylic acids is 1. The maximum Gasteiger partial charge on any atom is 0.235 e. The summed E-state index contributed by atoms with van der Waals surface area (Å²) >= 11 is 5.49. The first-order valence-electron chi connectivity index (χ1n) is 6.51. The normalized spacial score (nSPS) is 23.6. The molecule has 3 nitrogen and oxygen atoms in total. The van der Waals surface area contributed by atoms with Gasteiger partial charge in [-0.15, -0.1) is 11.6 Å². The Morgan fingerprint density at radius 1 is 1.28 bits per heavy atom. The SMILES string of the molecule is O=C(CCl)NC1CC[NH+](Cc2ccccc2)CC1. The van der Waals surface area contributed by atoms with Crippen molar-refractivity contribution in [2.75, 3.05) is 19.0 Å². The van der Waals surface area contributed by atoms with Gasteiger partial charge in [0.15, 0.2) is 0 Å². The summed E-state index contributed by atoms with van der Waals surface area (Å²) in [5.74, 6) is 0.0186. The van der Waals surface area contributed by atoms with Gasteiger partial charge in [0.2, 0.25) is 5.91 Å². The number of piperidine rings is 1. The van der Waals surface area contributed by atoms with Gasteiger partial charge >= 0.3 is 0 Å². The van der Waals surface area contributed by atoms with Crippen molar-refractivity contribution in [1.29, 1.82) is 0 Å². The zero-order valence-electron chi connectivity index (χ0n) is 10.5. The number of hydrogen-bond donors (Lipinski definition) is 2. The van der Waals surface area contributed by atoms with Crippen molar-refractivity contribution in [3.63, 3.8) is 0 Å². The summed E-state index contributed by atoms with van der Waals surface area (Å²) in [6, 6.07) is 10.9. The molecule has 0 aliphatic carbocycles. The number of likely N-dealkylation sites (tertiary alicyclic amines) is 1. The molecule has 0 spiro atoms. The highest BCUT2D eigenvalue weighted by atomic mass is 35.5. The number of carbonyl (C=O) groups is 1. The van der Waals surface area contributed by atoms with Crippen molar-refractivity contribution >= 4 is 17.5 Å². The third-order valence-electron chi connectivity index (χ3n) is 3.48. The smallest absolute Gasteiger partial charge is 0.235 e. The first-order chi connectivity index (χ1) is 8.78. The van der Waals surface area contributed by atoms with Gasteiger partial charge in [-0.05, 0) is 0 Å². The molecule has 1 fully saturated rings. The topological polar surface area (TPSA) is 33.5 Å². The summed E-state index contributed by atoms with van der Waals surface area (Å²) in [6.45, 7) is 3.31. The number of alkyl halides is 1. The number of hydrogen-bond acceptors (Lipinski definition) is 1. The molecule has 0 unspecified atom stereocenters. The second-order valence-electron chi connectivity index (χ2n) is 4.89. The number of rotatable bonds is 4. The van der Waals surface area contributed by atoms with Crippen LogP contribution in [-0.4, -0.2) is 30.9 Å². The average Bonchev–Trinajstić information content (AvgIpc) is 2.42. The molecule has 0 aromatic heterocycles. The van der Waals surface area contributed by atoms with Crippen molar-refractivity contribution in [2.45, 2.75) is 25.4 Å². The molecular weight excluding hydrogens is 248 g/mol. The van der Waals surface area contributed by atoms with Crippen LogP contribution in [0.4, 0.5) is 0 Å². The van der Waals surface area contributed by atoms with Gasteiger partial charge in [-0.25, -0.2) is 0 Å². The summed E-state index contributed by atoms with van der Waals surface area (Å²) < 4.78 is 0. The lowest BCUT2D eigenvalue weighted by molar-refractivity contribution is -0.918. The van der Waals surface area contributed by atoms with Crippen LogP contribution in [0.3, 0.4) is 0 Å². The summed E-state index contributed by atoms with van der Waals surface area (Å²) in [5, 5.41) is 2.97. The molecule has 1 aliphatic rings. The summed E-state index contributed by atoms with van der Waals surface area (Å²) in [5.41, 5.74) is 1.38. The standard InChI is InChI=1S/C14H19ClN2O/c15-10-14(18)16-13-6-8-17(9-7-13)11-12-4-2-1-3-5-12/h1-5,13H,6-11H2,(H,16,18)/p+1. The Balaban J connectivity index is 1.75. The molecule has 18 heavy (non-hydrogen) atoms. The van der Waals surface area contributed by atoms with Crippen LogP contribution in [0.1, 0.15) is 18.4 Å². The third-order valence-corrected chi connectivity index (χ3v) is 3.72. The maximum absolute atomic E-state index is 11.2. The van der Waals surface area contributed by atoms with Gasteiger partial charge in [0.25, 0.3) is 0 Å². The molecule has 1 aromatic rings. The lowest BCUT2D eigenvalue weighted by atomic mass is 10.0. The highest BCUT2D eigenvalue weighted by molar-refractivity contribution is 6.27. The van der Waals surface area contributed by atoms with Crippen LogP contribution >= 0.6 is 11.6 Å². The van der Waals surface area contributed by atoms with E-state index < -0.39 is 0 Å². The van der Waals surface area contributed by atoms with Crippen LogP contribution in [0, 0.1) is 0 Å². The molecule has 2 N–H and O–H groups in total. The van der Waals surface area contributed by atoms with E-state index >= 15 is 0 Å². The molecule has 1 aromatic carbocycles. The van der Waals surface area contributed by atoms with Gasteiger partial charge in [0.1, 0.15) is 12.4 Å². The fourth-order valence-electron chi connectivity index (χ4n) is 2.50. The Bertz CT molecular complexity index is 375. The van der Waals surface area contributed by atoms with E-state index in [0.29, 0.717) is 6.04 Å². The predicted octanol–water partition coefficient (Wildman–Crippen LogP) is 0.589. The maximum atomic E-state index is 11.2. The zero-order valence-corrected chi connectivity index (χ0v) is 11.2. The summed E-state index contributed by atoms with van der Waals surface area (Å²) in [6.07, 6.45) is 2.09. The van der Waals surface area contributed by atoms with E-state index in [0.717, 1.165) is 32.5 Å². The average molecular weight is 268 g/mol. The fourth-order valence-corrected chi connectivity index (χ4v) is 2.58. The molecule has 0 saturated carbocycles. The predicted molar refractivity (Wildman–Crippen MR) is 72.7 cm³/mol. The molecule has 4 heteroatoms. The van der Waals surface area contributed by atoms with Gasteiger partial charge < -0.3 is 10.2 Å². The molecule has 0 atom stereocenters. The fraction of sp³-hybridized carbons (Fsp3) is 0.500. The van der Waals surface area contributed by atoms with Crippen LogP contribution in [0.5, 0.6) is 0 Å². The Labute approximate surface area is 113 Å².